The summed E-state index contributed by atoms with van der Waals surface area (Å²) < 4.78 is 2.09. The van der Waals surface area contributed by atoms with Crippen LogP contribution in [0, 0.1) is 0 Å². The van der Waals surface area contributed by atoms with Crippen molar-refractivity contribution in [2.75, 3.05) is 5.73 Å². The van der Waals surface area contributed by atoms with Crippen LogP contribution in [0.4, 0.5) is 5.82 Å². The van der Waals surface area contributed by atoms with Crippen LogP contribution in [0.15, 0.2) is 36.7 Å². The molecule has 0 amide bonds. The molecule has 0 saturated carbocycles. The number of nitrogen functional groups attached to an aromatic ring is 1. The van der Waals surface area contributed by atoms with Crippen LogP contribution >= 0.6 is 0 Å². The average Bonchev–Trinajstić information content (AvgIpc) is 2.88. The fourth-order valence-electron chi connectivity index (χ4n) is 2.24. The molecule has 3 aromatic rings. The first-order valence-corrected chi connectivity index (χ1v) is 6.33. The summed E-state index contributed by atoms with van der Waals surface area (Å²) in [4.78, 5) is 4.40. The van der Waals surface area contributed by atoms with Gasteiger partial charge in [-0.1, -0.05) is 31.2 Å². The molecule has 0 radical (unpaired) electrons. The van der Waals surface area contributed by atoms with Crippen LogP contribution in [0.25, 0.3) is 22.3 Å². The zero-order chi connectivity index (χ0) is 13.2. The highest BCUT2D eigenvalue weighted by molar-refractivity contribution is 5.98. The number of hydrogen-bond donors (Lipinski definition) is 1. The van der Waals surface area contributed by atoms with Gasteiger partial charge in [0.25, 0.3) is 0 Å². The topological polar surface area (TPSA) is 69.6 Å². The first kappa shape index (κ1) is 11.6. The Bertz CT molecular complexity index is 717. The number of anilines is 1. The quantitative estimate of drug-likeness (QED) is 0.778. The molecule has 0 spiro atoms. The van der Waals surface area contributed by atoms with Crippen molar-refractivity contribution in [3.8, 4) is 11.5 Å². The minimum Gasteiger partial charge on any atom is -0.382 e. The van der Waals surface area contributed by atoms with Gasteiger partial charge in [0.1, 0.15) is 5.69 Å². The zero-order valence-corrected chi connectivity index (χ0v) is 10.7. The van der Waals surface area contributed by atoms with Crippen molar-refractivity contribution in [3.05, 3.63) is 36.7 Å². The predicted molar refractivity (Wildman–Crippen MR) is 75.5 cm³/mol. The van der Waals surface area contributed by atoms with Crippen molar-refractivity contribution in [3.63, 3.8) is 0 Å². The van der Waals surface area contributed by atoms with Crippen molar-refractivity contribution in [2.45, 2.75) is 19.9 Å². The van der Waals surface area contributed by atoms with Crippen LogP contribution < -0.4 is 5.73 Å². The number of benzene rings is 1. The van der Waals surface area contributed by atoms with Crippen LogP contribution in [0.2, 0.25) is 0 Å². The van der Waals surface area contributed by atoms with Gasteiger partial charge in [-0.3, -0.25) is 0 Å². The van der Waals surface area contributed by atoms with Gasteiger partial charge in [0, 0.05) is 29.7 Å². The van der Waals surface area contributed by atoms with Gasteiger partial charge in [-0.2, -0.15) is 0 Å². The van der Waals surface area contributed by atoms with Gasteiger partial charge in [-0.15, -0.1) is 10.2 Å². The molecule has 0 fully saturated rings. The summed E-state index contributed by atoms with van der Waals surface area (Å²) in [6, 6.07) is 7.87. The highest BCUT2D eigenvalue weighted by Crippen LogP contribution is 2.27. The molecule has 0 aliphatic rings. The van der Waals surface area contributed by atoms with E-state index in [1.807, 2.05) is 30.5 Å². The molecule has 0 unspecified atom stereocenters. The maximum Gasteiger partial charge on any atom is 0.161 e. The maximum atomic E-state index is 5.87. The summed E-state index contributed by atoms with van der Waals surface area (Å²) in [7, 11) is 0. The highest BCUT2D eigenvalue weighted by atomic mass is 15.2. The Hall–Kier alpha value is -2.43. The van der Waals surface area contributed by atoms with E-state index in [9.17, 15) is 0 Å². The second-order valence-corrected chi connectivity index (χ2v) is 4.42. The lowest BCUT2D eigenvalue weighted by Gasteiger charge is -2.08. The molecule has 5 nitrogen and oxygen atoms in total. The molecule has 2 N–H and O–H groups in total. The number of imidazole rings is 1. The lowest BCUT2D eigenvalue weighted by atomic mass is 10.1. The number of nitrogens with zero attached hydrogens (tertiary/aromatic N) is 4. The molecule has 19 heavy (non-hydrogen) atoms. The third-order valence-electron chi connectivity index (χ3n) is 3.11. The molecule has 0 saturated heterocycles. The summed E-state index contributed by atoms with van der Waals surface area (Å²) in [5, 5.41) is 10.2. The number of aryl methyl sites for hydroxylation is 1. The van der Waals surface area contributed by atoms with Crippen LogP contribution in [0.3, 0.4) is 0 Å². The fraction of sp³-hybridized carbons (Fsp3) is 0.214. The lowest BCUT2D eigenvalue weighted by Crippen LogP contribution is -2.03. The Morgan fingerprint density at radius 3 is 2.74 bits per heavy atom. The Morgan fingerprint density at radius 1 is 1.16 bits per heavy atom. The molecule has 2 aromatic heterocycles. The van der Waals surface area contributed by atoms with E-state index < -0.39 is 0 Å². The van der Waals surface area contributed by atoms with Gasteiger partial charge in [0.15, 0.2) is 11.6 Å². The Balaban J connectivity index is 2.25. The van der Waals surface area contributed by atoms with E-state index in [1.165, 1.54) is 0 Å². The lowest BCUT2D eigenvalue weighted by molar-refractivity contribution is 0.683. The molecule has 0 aliphatic carbocycles. The largest absolute Gasteiger partial charge is 0.382 e. The van der Waals surface area contributed by atoms with Crippen LogP contribution in [-0.2, 0) is 6.54 Å². The van der Waals surface area contributed by atoms with E-state index >= 15 is 0 Å². The molecular formula is C14H15N5. The Morgan fingerprint density at radius 2 is 1.95 bits per heavy atom. The van der Waals surface area contributed by atoms with Gasteiger partial charge < -0.3 is 10.3 Å². The minimum absolute atomic E-state index is 0.452. The van der Waals surface area contributed by atoms with Gasteiger partial charge in [0.2, 0.25) is 0 Å². The van der Waals surface area contributed by atoms with Crippen molar-refractivity contribution in [1.82, 2.24) is 19.7 Å². The smallest absolute Gasteiger partial charge is 0.161 e. The predicted octanol–water partition coefficient (Wildman–Crippen LogP) is 2.49. The van der Waals surface area contributed by atoms with Crippen LogP contribution in [0.1, 0.15) is 13.3 Å². The van der Waals surface area contributed by atoms with Crippen molar-refractivity contribution in [1.29, 1.82) is 0 Å². The molecule has 96 valence electrons. The molecule has 5 heteroatoms. The van der Waals surface area contributed by atoms with Crippen molar-refractivity contribution in [2.24, 2.45) is 0 Å². The van der Waals surface area contributed by atoms with Gasteiger partial charge >= 0.3 is 0 Å². The molecule has 2 heterocycles. The third-order valence-corrected chi connectivity index (χ3v) is 3.11. The number of hydrogen-bond acceptors (Lipinski definition) is 4. The second-order valence-electron chi connectivity index (χ2n) is 4.42. The second kappa shape index (κ2) is 4.68. The fourth-order valence-corrected chi connectivity index (χ4v) is 2.24. The van der Waals surface area contributed by atoms with E-state index in [1.54, 1.807) is 6.20 Å². The van der Waals surface area contributed by atoms with Crippen molar-refractivity contribution < 1.29 is 0 Å². The number of nitrogens with two attached hydrogens (primary N) is 1. The molecule has 3 rings (SSSR count). The molecule has 1 aromatic carbocycles. The van der Waals surface area contributed by atoms with E-state index in [4.69, 9.17) is 5.73 Å². The summed E-state index contributed by atoms with van der Waals surface area (Å²) >= 11 is 0. The molecule has 0 atom stereocenters. The van der Waals surface area contributed by atoms with Crippen LogP contribution in [-0.4, -0.2) is 19.7 Å². The number of aromatic nitrogens is 4. The normalized spacial score (nSPS) is 11.0. The highest BCUT2D eigenvalue weighted by Gasteiger charge is 2.13. The number of fused-ring (bicyclic) bond motifs is 1. The zero-order valence-electron chi connectivity index (χ0n) is 10.7. The Kier molecular flexibility index (Phi) is 2.87. The average molecular weight is 253 g/mol. The first-order chi connectivity index (χ1) is 9.31. The monoisotopic (exact) mass is 253 g/mol. The molecule has 0 aliphatic heterocycles. The summed E-state index contributed by atoms with van der Waals surface area (Å²) in [5.74, 6) is 1.29. The maximum absolute atomic E-state index is 5.87. The van der Waals surface area contributed by atoms with E-state index in [-0.39, 0.29) is 0 Å². The summed E-state index contributed by atoms with van der Waals surface area (Å²) in [6.45, 7) is 3.05. The molecular weight excluding hydrogens is 238 g/mol. The van der Waals surface area contributed by atoms with Gasteiger partial charge in [0.05, 0.1) is 0 Å². The van der Waals surface area contributed by atoms with Crippen molar-refractivity contribution >= 4 is 16.6 Å². The van der Waals surface area contributed by atoms with Crippen LogP contribution in [0.5, 0.6) is 0 Å². The Labute approximate surface area is 111 Å². The summed E-state index contributed by atoms with van der Waals surface area (Å²) in [5.41, 5.74) is 6.66. The first-order valence-electron chi connectivity index (χ1n) is 6.33. The number of rotatable bonds is 3. The third kappa shape index (κ3) is 1.93. The molecule has 0 bridgehead atoms. The summed E-state index contributed by atoms with van der Waals surface area (Å²) in [6.07, 6.45) is 4.80. The minimum atomic E-state index is 0.452. The van der Waals surface area contributed by atoms with Gasteiger partial charge in [-0.25, -0.2) is 4.98 Å². The van der Waals surface area contributed by atoms with E-state index in [0.717, 1.165) is 35.3 Å². The standard InChI is InChI=1S/C14H15N5/c1-2-8-19-9-7-16-14(19)12-10-5-3-4-6-11(10)13(15)18-17-12/h3-7,9H,2,8H2,1H3,(H2,15,18). The SMILES string of the molecule is CCCn1ccnc1-c1nnc(N)c2ccccc12. The van der Waals surface area contributed by atoms with Gasteiger partial charge in [-0.05, 0) is 6.42 Å². The van der Waals surface area contributed by atoms with E-state index in [0.29, 0.717) is 5.82 Å². The van der Waals surface area contributed by atoms with E-state index in [2.05, 4.69) is 26.7 Å².